The van der Waals surface area contributed by atoms with Crippen molar-refractivity contribution in [3.05, 3.63) is 24.3 Å². The number of anilines is 2. The van der Waals surface area contributed by atoms with Crippen molar-refractivity contribution in [1.82, 2.24) is 4.90 Å². The first-order chi connectivity index (χ1) is 8.36. The summed E-state index contributed by atoms with van der Waals surface area (Å²) in [7, 11) is 1.96. The number of nitrogens with zero attached hydrogens (tertiary/aromatic N) is 1. The van der Waals surface area contributed by atoms with Crippen molar-refractivity contribution in [1.29, 1.82) is 0 Å². The van der Waals surface area contributed by atoms with Crippen LogP contribution in [0.2, 0.25) is 0 Å². The molecule has 0 aliphatic carbocycles. The summed E-state index contributed by atoms with van der Waals surface area (Å²) in [5, 5.41) is 2.83. The zero-order valence-electron chi connectivity index (χ0n) is 11.7. The predicted octanol–water partition coefficient (Wildman–Crippen LogP) is 2.33. The number of nitrogens with one attached hydrogen (secondary N) is 1. The summed E-state index contributed by atoms with van der Waals surface area (Å²) in [6.45, 7) is 6.72. The van der Waals surface area contributed by atoms with Gasteiger partial charge >= 0.3 is 0 Å². The molecule has 0 atom stereocenters. The van der Waals surface area contributed by atoms with E-state index < -0.39 is 0 Å². The summed E-state index contributed by atoms with van der Waals surface area (Å²) in [5.74, 6) is -0.0445. The van der Waals surface area contributed by atoms with Crippen LogP contribution in [0.1, 0.15) is 27.2 Å². The van der Waals surface area contributed by atoms with E-state index in [1.165, 1.54) is 0 Å². The Morgan fingerprint density at radius 2 is 2.00 bits per heavy atom. The molecule has 0 aliphatic heterocycles. The van der Waals surface area contributed by atoms with Crippen LogP contribution in [0.4, 0.5) is 11.4 Å². The number of hydrogen-bond donors (Lipinski definition) is 2. The van der Waals surface area contributed by atoms with Gasteiger partial charge in [-0.2, -0.15) is 0 Å². The summed E-state index contributed by atoms with van der Waals surface area (Å²) in [5.41, 5.74) is 7.05. The van der Waals surface area contributed by atoms with Crippen molar-refractivity contribution in [3.8, 4) is 0 Å². The Hall–Kier alpha value is -1.55. The van der Waals surface area contributed by atoms with E-state index in [2.05, 4.69) is 26.1 Å². The Kier molecular flexibility index (Phi) is 4.73. The topological polar surface area (TPSA) is 58.4 Å². The van der Waals surface area contributed by atoms with Gasteiger partial charge in [0, 0.05) is 5.54 Å². The van der Waals surface area contributed by atoms with Gasteiger partial charge in [0.25, 0.3) is 0 Å². The molecule has 0 bridgehead atoms. The minimum atomic E-state index is -0.0445. The van der Waals surface area contributed by atoms with Crippen LogP contribution >= 0.6 is 0 Å². The number of carbonyl (C=O) groups excluding carboxylic acids is 1. The lowest BCUT2D eigenvalue weighted by molar-refractivity contribution is -0.118. The zero-order valence-corrected chi connectivity index (χ0v) is 11.7. The van der Waals surface area contributed by atoms with E-state index in [-0.39, 0.29) is 11.4 Å². The highest BCUT2D eigenvalue weighted by molar-refractivity contribution is 5.95. The lowest BCUT2D eigenvalue weighted by atomic mass is 10.00. The largest absolute Gasteiger partial charge is 0.397 e. The van der Waals surface area contributed by atoms with Gasteiger partial charge in [0.05, 0.1) is 17.9 Å². The predicted molar refractivity (Wildman–Crippen MR) is 76.5 cm³/mol. The average molecular weight is 249 g/mol. The van der Waals surface area contributed by atoms with Crippen LogP contribution in [-0.4, -0.2) is 29.9 Å². The lowest BCUT2D eigenvalue weighted by Crippen LogP contribution is -2.44. The van der Waals surface area contributed by atoms with E-state index in [1.54, 1.807) is 12.1 Å². The van der Waals surface area contributed by atoms with Crippen LogP contribution in [0.3, 0.4) is 0 Å². The third-order valence-corrected chi connectivity index (χ3v) is 3.51. The van der Waals surface area contributed by atoms with Crippen molar-refractivity contribution < 1.29 is 4.79 Å². The summed E-state index contributed by atoms with van der Waals surface area (Å²) in [6, 6.07) is 7.27. The van der Waals surface area contributed by atoms with Gasteiger partial charge in [-0.1, -0.05) is 19.1 Å². The maximum Gasteiger partial charge on any atom is 0.238 e. The van der Waals surface area contributed by atoms with Gasteiger partial charge in [0.1, 0.15) is 0 Å². The van der Waals surface area contributed by atoms with Crippen LogP contribution in [0.15, 0.2) is 24.3 Å². The Bertz CT molecular complexity index is 415. The first-order valence-electron chi connectivity index (χ1n) is 6.22. The minimum Gasteiger partial charge on any atom is -0.397 e. The molecule has 4 heteroatoms. The van der Waals surface area contributed by atoms with Crippen molar-refractivity contribution in [3.63, 3.8) is 0 Å². The molecular formula is C14H23N3O. The maximum atomic E-state index is 11.9. The number of amides is 1. The van der Waals surface area contributed by atoms with Crippen LogP contribution in [0, 0.1) is 0 Å². The van der Waals surface area contributed by atoms with E-state index in [1.807, 2.05) is 24.1 Å². The number of carbonyl (C=O) groups is 1. The Morgan fingerprint density at radius 1 is 1.39 bits per heavy atom. The monoisotopic (exact) mass is 249 g/mol. The fourth-order valence-electron chi connectivity index (χ4n) is 1.50. The van der Waals surface area contributed by atoms with Gasteiger partial charge < -0.3 is 11.1 Å². The van der Waals surface area contributed by atoms with E-state index in [0.717, 1.165) is 6.42 Å². The van der Waals surface area contributed by atoms with Crippen LogP contribution in [0.5, 0.6) is 0 Å². The molecular weight excluding hydrogens is 226 g/mol. The first-order valence-corrected chi connectivity index (χ1v) is 6.22. The van der Waals surface area contributed by atoms with Crippen LogP contribution in [0.25, 0.3) is 0 Å². The van der Waals surface area contributed by atoms with Crippen molar-refractivity contribution in [2.24, 2.45) is 0 Å². The molecule has 1 aromatic carbocycles. The molecule has 0 radical (unpaired) electrons. The molecule has 0 saturated carbocycles. The number of nitrogens with two attached hydrogens (primary N) is 1. The normalized spacial score (nSPS) is 11.6. The number of para-hydroxylation sites is 2. The van der Waals surface area contributed by atoms with E-state index >= 15 is 0 Å². The van der Waals surface area contributed by atoms with Gasteiger partial charge in [-0.3, -0.25) is 9.69 Å². The second-order valence-corrected chi connectivity index (χ2v) is 5.16. The van der Waals surface area contributed by atoms with Gasteiger partial charge in [0.2, 0.25) is 5.91 Å². The highest BCUT2D eigenvalue weighted by atomic mass is 16.2. The van der Waals surface area contributed by atoms with Gasteiger partial charge in [-0.15, -0.1) is 0 Å². The number of benzene rings is 1. The Labute approximate surface area is 109 Å². The van der Waals surface area contributed by atoms with Gasteiger partial charge in [-0.25, -0.2) is 0 Å². The molecule has 1 aromatic rings. The summed E-state index contributed by atoms with van der Waals surface area (Å²) in [4.78, 5) is 14.0. The van der Waals surface area contributed by atoms with Crippen molar-refractivity contribution in [2.45, 2.75) is 32.7 Å². The molecule has 3 N–H and O–H groups in total. The van der Waals surface area contributed by atoms with Crippen molar-refractivity contribution >= 4 is 17.3 Å². The molecule has 0 aromatic heterocycles. The number of rotatable bonds is 5. The fourth-order valence-corrected chi connectivity index (χ4v) is 1.50. The highest BCUT2D eigenvalue weighted by Crippen LogP contribution is 2.18. The van der Waals surface area contributed by atoms with Crippen LogP contribution < -0.4 is 11.1 Å². The maximum absolute atomic E-state index is 11.9. The molecule has 1 rings (SSSR count). The first kappa shape index (κ1) is 14.5. The SMILES string of the molecule is CCC(C)(C)N(C)CC(=O)Nc1ccccc1N. The third-order valence-electron chi connectivity index (χ3n) is 3.51. The smallest absolute Gasteiger partial charge is 0.238 e. The Morgan fingerprint density at radius 3 is 2.56 bits per heavy atom. The minimum absolute atomic E-state index is 0.0135. The molecule has 18 heavy (non-hydrogen) atoms. The van der Waals surface area contributed by atoms with E-state index in [0.29, 0.717) is 17.9 Å². The second kappa shape index (κ2) is 5.87. The fraction of sp³-hybridized carbons (Fsp3) is 0.500. The third kappa shape index (κ3) is 3.74. The number of likely N-dealkylation sites (N-methyl/N-ethyl adjacent to an activating group) is 1. The molecule has 0 unspecified atom stereocenters. The molecule has 100 valence electrons. The number of nitrogen functional groups attached to an aromatic ring is 1. The highest BCUT2D eigenvalue weighted by Gasteiger charge is 2.22. The average Bonchev–Trinajstić information content (AvgIpc) is 2.32. The molecule has 0 fully saturated rings. The summed E-state index contributed by atoms with van der Waals surface area (Å²) < 4.78 is 0. The van der Waals surface area contributed by atoms with Gasteiger partial charge in [0.15, 0.2) is 0 Å². The molecule has 0 heterocycles. The lowest BCUT2D eigenvalue weighted by Gasteiger charge is -2.34. The Balaban J connectivity index is 2.60. The second-order valence-electron chi connectivity index (χ2n) is 5.16. The molecule has 1 amide bonds. The zero-order chi connectivity index (χ0) is 13.8. The molecule has 0 saturated heterocycles. The van der Waals surface area contributed by atoms with Crippen LogP contribution in [-0.2, 0) is 4.79 Å². The van der Waals surface area contributed by atoms with Gasteiger partial charge in [-0.05, 0) is 39.4 Å². The summed E-state index contributed by atoms with van der Waals surface area (Å²) in [6.07, 6.45) is 0.990. The molecule has 0 aliphatic rings. The summed E-state index contributed by atoms with van der Waals surface area (Å²) >= 11 is 0. The number of hydrogen-bond acceptors (Lipinski definition) is 3. The molecule has 4 nitrogen and oxygen atoms in total. The van der Waals surface area contributed by atoms with Crippen molar-refractivity contribution in [2.75, 3.05) is 24.6 Å². The van der Waals surface area contributed by atoms with E-state index in [4.69, 9.17) is 5.73 Å². The molecule has 0 spiro atoms. The standard InChI is InChI=1S/C14H23N3O/c1-5-14(2,3)17(4)10-13(18)16-12-9-7-6-8-11(12)15/h6-9H,5,10,15H2,1-4H3,(H,16,18). The quantitative estimate of drug-likeness (QED) is 0.787. The van der Waals surface area contributed by atoms with E-state index in [9.17, 15) is 4.79 Å².